The zero-order valence-corrected chi connectivity index (χ0v) is 8.35. The summed E-state index contributed by atoms with van der Waals surface area (Å²) in [4.78, 5) is 0. The molecule has 0 aliphatic heterocycles. The highest BCUT2D eigenvalue weighted by Gasteiger charge is 2.17. The van der Waals surface area contributed by atoms with Gasteiger partial charge in [-0.25, -0.2) is 4.72 Å². The van der Waals surface area contributed by atoms with Crippen LogP contribution in [0.4, 0.5) is 0 Å². The highest BCUT2D eigenvalue weighted by Crippen LogP contribution is 2.00. The monoisotopic (exact) mass is 196 g/mol. The fourth-order valence-electron chi connectivity index (χ4n) is 0.642. The molecule has 5 nitrogen and oxygen atoms in total. The molecule has 0 spiro atoms. The van der Waals surface area contributed by atoms with E-state index in [0.29, 0.717) is 0 Å². The van der Waals surface area contributed by atoms with Crippen molar-refractivity contribution in [1.82, 2.24) is 9.44 Å². The van der Waals surface area contributed by atoms with Crippen LogP contribution >= 0.6 is 0 Å². The highest BCUT2D eigenvalue weighted by molar-refractivity contribution is 7.87. The molecule has 0 unspecified atom stereocenters. The number of aliphatic hydroxyl groups excluding tert-OH is 1. The van der Waals surface area contributed by atoms with Gasteiger partial charge in [-0.3, -0.25) is 0 Å². The molecule has 12 heavy (non-hydrogen) atoms. The van der Waals surface area contributed by atoms with Gasteiger partial charge >= 0.3 is 0 Å². The lowest BCUT2D eigenvalue weighted by atomic mass is 10.1. The number of hydrogen-bond acceptors (Lipinski definition) is 3. The molecular weight excluding hydrogens is 180 g/mol. The number of nitrogens with one attached hydrogen (secondary N) is 2. The zero-order valence-electron chi connectivity index (χ0n) is 7.53. The molecule has 74 valence electrons. The Morgan fingerprint density at radius 2 is 1.92 bits per heavy atom. The van der Waals surface area contributed by atoms with Gasteiger partial charge in [0.25, 0.3) is 10.2 Å². The van der Waals surface area contributed by atoms with Gasteiger partial charge in [0.05, 0.1) is 6.61 Å². The predicted molar refractivity (Wildman–Crippen MR) is 46.8 cm³/mol. The summed E-state index contributed by atoms with van der Waals surface area (Å²) in [5, 5.41) is 8.80. The lowest BCUT2D eigenvalue weighted by Crippen LogP contribution is -2.45. The molecule has 0 aromatic rings. The predicted octanol–water partition coefficient (Wildman–Crippen LogP) is -0.943. The Labute approximate surface area is 73.4 Å². The molecule has 0 saturated heterocycles. The van der Waals surface area contributed by atoms with E-state index in [9.17, 15) is 8.42 Å². The Bertz CT molecular complexity index is 213. The van der Waals surface area contributed by atoms with Crippen molar-refractivity contribution in [1.29, 1.82) is 0 Å². The van der Waals surface area contributed by atoms with Gasteiger partial charge in [-0.15, -0.1) is 0 Å². The average molecular weight is 196 g/mol. The second kappa shape index (κ2) is 4.76. The molecular formula is C6H16N2O3S. The van der Waals surface area contributed by atoms with Crippen molar-refractivity contribution >= 4 is 10.2 Å². The van der Waals surface area contributed by atoms with Crippen LogP contribution in [0.25, 0.3) is 0 Å². The topological polar surface area (TPSA) is 78.4 Å². The Morgan fingerprint density at radius 1 is 1.42 bits per heavy atom. The largest absolute Gasteiger partial charge is 0.395 e. The Balaban J connectivity index is 4.22. The van der Waals surface area contributed by atoms with Crippen molar-refractivity contribution < 1.29 is 13.5 Å². The lowest BCUT2D eigenvalue weighted by molar-refractivity contribution is 0.227. The number of aliphatic hydroxyl groups is 1. The van der Waals surface area contributed by atoms with E-state index in [1.807, 2.05) is 13.8 Å². The molecule has 0 rings (SSSR count). The maximum absolute atomic E-state index is 10.9. The summed E-state index contributed by atoms with van der Waals surface area (Å²) in [5.74, 6) is 0.0677. The summed E-state index contributed by atoms with van der Waals surface area (Å²) < 4.78 is 26.3. The standard InChI is InChI=1S/C6H16N2O3S/c1-5(2)6(4-9)8-12(10,11)7-3/h5-9H,4H2,1-3H3/t6-/m1/s1. The van der Waals surface area contributed by atoms with Gasteiger partial charge in [0.15, 0.2) is 0 Å². The highest BCUT2D eigenvalue weighted by atomic mass is 32.2. The molecule has 0 amide bonds. The number of rotatable bonds is 5. The average Bonchev–Trinajstić information content (AvgIpc) is 2.00. The molecule has 0 heterocycles. The second-order valence-electron chi connectivity index (χ2n) is 2.86. The molecule has 0 fully saturated rings. The van der Waals surface area contributed by atoms with E-state index in [4.69, 9.17) is 5.11 Å². The molecule has 0 saturated carbocycles. The van der Waals surface area contributed by atoms with Crippen LogP contribution < -0.4 is 9.44 Å². The van der Waals surface area contributed by atoms with Gasteiger partial charge in [0.1, 0.15) is 0 Å². The van der Waals surface area contributed by atoms with Crippen molar-refractivity contribution in [3.8, 4) is 0 Å². The second-order valence-corrected chi connectivity index (χ2v) is 4.51. The van der Waals surface area contributed by atoms with Gasteiger partial charge in [-0.1, -0.05) is 13.8 Å². The number of hydrogen-bond donors (Lipinski definition) is 3. The van der Waals surface area contributed by atoms with Crippen molar-refractivity contribution in [2.45, 2.75) is 19.9 Å². The van der Waals surface area contributed by atoms with Crippen molar-refractivity contribution in [3.63, 3.8) is 0 Å². The summed E-state index contributed by atoms with van der Waals surface area (Å²) in [6.45, 7) is 3.47. The van der Waals surface area contributed by atoms with E-state index in [1.54, 1.807) is 0 Å². The Hall–Kier alpha value is -0.170. The maximum Gasteiger partial charge on any atom is 0.276 e. The molecule has 6 heteroatoms. The maximum atomic E-state index is 10.9. The first-order valence-corrected chi connectivity index (χ1v) is 5.23. The molecule has 0 aliphatic carbocycles. The van der Waals surface area contributed by atoms with Crippen LogP contribution in [0.5, 0.6) is 0 Å². The third kappa shape index (κ3) is 4.01. The molecule has 0 aliphatic rings. The quantitative estimate of drug-likeness (QED) is 0.531. The van der Waals surface area contributed by atoms with Crippen LogP contribution in [-0.4, -0.2) is 33.2 Å². The third-order valence-corrected chi connectivity index (χ3v) is 2.73. The first kappa shape index (κ1) is 11.8. The molecule has 3 N–H and O–H groups in total. The summed E-state index contributed by atoms with van der Waals surface area (Å²) in [7, 11) is -2.12. The smallest absolute Gasteiger partial charge is 0.276 e. The van der Waals surface area contributed by atoms with Gasteiger partial charge in [-0.05, 0) is 5.92 Å². The van der Waals surface area contributed by atoms with Crippen LogP contribution in [0, 0.1) is 5.92 Å². The van der Waals surface area contributed by atoms with Gasteiger partial charge < -0.3 is 5.11 Å². The van der Waals surface area contributed by atoms with Crippen LogP contribution in [0.15, 0.2) is 0 Å². The summed E-state index contributed by atoms with van der Waals surface area (Å²) >= 11 is 0. The van der Waals surface area contributed by atoms with E-state index in [2.05, 4.69) is 9.44 Å². The van der Waals surface area contributed by atoms with Crippen LogP contribution in [0.1, 0.15) is 13.8 Å². The zero-order chi connectivity index (χ0) is 9.78. The van der Waals surface area contributed by atoms with E-state index in [1.165, 1.54) is 7.05 Å². The van der Waals surface area contributed by atoms with Crippen molar-refractivity contribution in [2.75, 3.05) is 13.7 Å². The van der Waals surface area contributed by atoms with Gasteiger partial charge in [0.2, 0.25) is 0 Å². The minimum atomic E-state index is -3.44. The fourth-order valence-corrected chi connectivity index (χ4v) is 1.51. The van der Waals surface area contributed by atoms with E-state index in [-0.39, 0.29) is 12.5 Å². The first-order valence-electron chi connectivity index (χ1n) is 3.74. The molecule has 0 aromatic heterocycles. The summed E-state index contributed by atoms with van der Waals surface area (Å²) in [5.41, 5.74) is 0. The molecule has 0 aromatic carbocycles. The lowest BCUT2D eigenvalue weighted by Gasteiger charge is -2.18. The van der Waals surface area contributed by atoms with Crippen LogP contribution in [0.3, 0.4) is 0 Å². The first-order chi connectivity index (χ1) is 5.43. The normalized spacial score (nSPS) is 15.1. The van der Waals surface area contributed by atoms with Crippen molar-refractivity contribution in [2.24, 2.45) is 5.92 Å². The Kier molecular flexibility index (Phi) is 4.69. The third-order valence-electron chi connectivity index (χ3n) is 1.58. The molecule has 0 radical (unpaired) electrons. The fraction of sp³-hybridized carbons (Fsp3) is 1.00. The van der Waals surface area contributed by atoms with Gasteiger partial charge in [0, 0.05) is 13.1 Å². The van der Waals surface area contributed by atoms with Crippen LogP contribution in [0.2, 0.25) is 0 Å². The van der Waals surface area contributed by atoms with Gasteiger partial charge in [-0.2, -0.15) is 13.1 Å². The van der Waals surface area contributed by atoms with E-state index in [0.717, 1.165) is 0 Å². The Morgan fingerprint density at radius 3 is 2.17 bits per heavy atom. The minimum absolute atomic E-state index is 0.0677. The van der Waals surface area contributed by atoms with Crippen molar-refractivity contribution in [3.05, 3.63) is 0 Å². The summed E-state index contributed by atoms with van der Waals surface area (Å²) in [6.07, 6.45) is 0. The van der Waals surface area contributed by atoms with Crippen LogP contribution in [-0.2, 0) is 10.2 Å². The SMILES string of the molecule is CNS(=O)(=O)N[C@H](CO)C(C)C. The molecule has 1 atom stereocenters. The minimum Gasteiger partial charge on any atom is -0.395 e. The van der Waals surface area contributed by atoms with E-state index < -0.39 is 16.3 Å². The molecule has 0 bridgehead atoms. The summed E-state index contributed by atoms with van der Waals surface area (Å²) in [6, 6.07) is -0.428. The van der Waals surface area contributed by atoms with E-state index >= 15 is 0 Å².